The molecular weight excluding hydrogens is 297 g/mol. The molecule has 3 rings (SSSR count). The summed E-state index contributed by atoms with van der Waals surface area (Å²) in [5, 5.41) is 0. The highest BCUT2D eigenvalue weighted by Gasteiger charge is 2.30. The lowest BCUT2D eigenvalue weighted by atomic mass is 10.0. The molecule has 1 aliphatic heterocycles. The zero-order chi connectivity index (χ0) is 16.4. The second-order valence-corrected chi connectivity index (χ2v) is 6.44. The van der Waals surface area contributed by atoms with Crippen LogP contribution in [0.1, 0.15) is 49.7 Å². The minimum Gasteiger partial charge on any atom is -0.496 e. The average molecular weight is 321 g/mol. The minimum atomic E-state index is -0.680. The average Bonchev–Trinajstić information content (AvgIpc) is 3.37. The van der Waals surface area contributed by atoms with E-state index >= 15 is 0 Å². The number of benzene rings is 1. The van der Waals surface area contributed by atoms with Crippen LogP contribution < -0.4 is 9.64 Å². The van der Waals surface area contributed by atoms with Gasteiger partial charge in [0.15, 0.2) is 0 Å². The van der Waals surface area contributed by atoms with E-state index in [1.165, 1.54) is 25.3 Å². The fraction of sp³-hybridized carbons (Fsp3) is 0.611. The van der Waals surface area contributed by atoms with E-state index in [0.717, 1.165) is 30.1 Å². The number of rotatable bonds is 5. The number of nitrogens with zero attached hydrogens (tertiary/aromatic N) is 1. The smallest absolute Gasteiger partial charge is 0.302 e. The molecular formula is C18H24FNO3. The Bertz CT molecular complexity index is 578. The minimum absolute atomic E-state index is 0.227. The van der Waals surface area contributed by atoms with Crippen molar-refractivity contribution in [2.24, 2.45) is 0 Å². The predicted octanol–water partition coefficient (Wildman–Crippen LogP) is 3.57. The van der Waals surface area contributed by atoms with E-state index < -0.39 is 6.17 Å². The number of halogens is 1. The zero-order valence-electron chi connectivity index (χ0n) is 13.8. The van der Waals surface area contributed by atoms with Crippen LogP contribution in [0.3, 0.4) is 0 Å². The van der Waals surface area contributed by atoms with E-state index in [0.29, 0.717) is 18.8 Å². The Kier molecular flexibility index (Phi) is 4.74. The third-order valence-electron chi connectivity index (χ3n) is 4.64. The zero-order valence-corrected chi connectivity index (χ0v) is 13.8. The molecule has 0 N–H and O–H groups in total. The number of carbonyl (C=O) groups excluding carboxylic acids is 1. The number of alkyl halides is 1. The largest absolute Gasteiger partial charge is 0.496 e. The molecule has 2 aliphatic rings. The van der Waals surface area contributed by atoms with Crippen LogP contribution in [0.15, 0.2) is 12.1 Å². The van der Waals surface area contributed by atoms with Crippen LogP contribution in [0.5, 0.6) is 5.75 Å². The number of hydrogen-bond donors (Lipinski definition) is 0. The standard InChI is InChI=1S/C18H24FNO3/c1-12(21)23-11-14-9-16(13-3-4-13)17(10-18(14)22-2)20-7-5-15(19)6-8-20/h9-10,13,15H,3-8,11H2,1-2H3. The van der Waals surface area contributed by atoms with Gasteiger partial charge in [-0.2, -0.15) is 0 Å². The van der Waals surface area contributed by atoms with Gasteiger partial charge in [0.05, 0.1) is 7.11 Å². The fourth-order valence-electron chi connectivity index (χ4n) is 3.20. The highest BCUT2D eigenvalue weighted by atomic mass is 19.1. The molecule has 1 saturated heterocycles. The summed E-state index contributed by atoms with van der Waals surface area (Å²) in [5.74, 6) is 0.997. The highest BCUT2D eigenvalue weighted by Crippen LogP contribution is 2.47. The van der Waals surface area contributed by atoms with Crippen LogP contribution in [0.4, 0.5) is 10.1 Å². The maximum Gasteiger partial charge on any atom is 0.302 e. The highest BCUT2D eigenvalue weighted by molar-refractivity contribution is 5.66. The first-order chi connectivity index (χ1) is 11.1. The molecule has 126 valence electrons. The molecule has 1 heterocycles. The van der Waals surface area contributed by atoms with Crippen molar-refractivity contribution in [3.8, 4) is 5.75 Å². The number of esters is 1. The van der Waals surface area contributed by atoms with E-state index in [9.17, 15) is 9.18 Å². The summed E-state index contributed by atoms with van der Waals surface area (Å²) >= 11 is 0. The molecule has 0 atom stereocenters. The number of methoxy groups -OCH3 is 1. The number of carbonyl (C=O) groups is 1. The van der Waals surface area contributed by atoms with E-state index in [1.807, 2.05) is 6.07 Å². The molecule has 0 amide bonds. The maximum absolute atomic E-state index is 13.4. The Morgan fingerprint density at radius 1 is 1.26 bits per heavy atom. The number of ether oxygens (including phenoxy) is 2. The molecule has 0 unspecified atom stereocenters. The first-order valence-electron chi connectivity index (χ1n) is 8.31. The summed E-state index contributed by atoms with van der Waals surface area (Å²) in [6.07, 6.45) is 2.86. The SMILES string of the molecule is COc1cc(N2CCC(F)CC2)c(C2CC2)cc1COC(C)=O. The molecule has 1 saturated carbocycles. The quantitative estimate of drug-likeness (QED) is 0.777. The third kappa shape index (κ3) is 3.77. The van der Waals surface area contributed by atoms with Gasteiger partial charge in [-0.1, -0.05) is 0 Å². The van der Waals surface area contributed by atoms with Crippen molar-refractivity contribution in [1.82, 2.24) is 0 Å². The van der Waals surface area contributed by atoms with E-state index in [1.54, 1.807) is 7.11 Å². The van der Waals surface area contributed by atoms with Gasteiger partial charge in [0, 0.05) is 37.3 Å². The van der Waals surface area contributed by atoms with Crippen LogP contribution in [0.25, 0.3) is 0 Å². The predicted molar refractivity (Wildman–Crippen MR) is 86.8 cm³/mol. The van der Waals surface area contributed by atoms with Crippen molar-refractivity contribution in [2.75, 3.05) is 25.1 Å². The van der Waals surface area contributed by atoms with Crippen molar-refractivity contribution >= 4 is 11.7 Å². The van der Waals surface area contributed by atoms with E-state index in [4.69, 9.17) is 9.47 Å². The summed E-state index contributed by atoms with van der Waals surface area (Å²) in [6.45, 7) is 3.12. The van der Waals surface area contributed by atoms with Crippen LogP contribution in [0, 0.1) is 0 Å². The topological polar surface area (TPSA) is 38.8 Å². The molecule has 0 radical (unpaired) electrons. The molecule has 0 aromatic heterocycles. The second-order valence-electron chi connectivity index (χ2n) is 6.44. The van der Waals surface area contributed by atoms with Gasteiger partial charge in [-0.3, -0.25) is 4.79 Å². The molecule has 2 fully saturated rings. The Morgan fingerprint density at radius 2 is 1.96 bits per heavy atom. The molecule has 1 aromatic rings. The summed E-state index contributed by atoms with van der Waals surface area (Å²) < 4.78 is 24.1. The molecule has 0 bridgehead atoms. The lowest BCUT2D eigenvalue weighted by molar-refractivity contribution is -0.142. The van der Waals surface area contributed by atoms with Crippen LogP contribution in [-0.2, 0) is 16.1 Å². The van der Waals surface area contributed by atoms with Gasteiger partial charge in [0.2, 0.25) is 0 Å². The Hall–Kier alpha value is -1.78. The summed E-state index contributed by atoms with van der Waals surface area (Å²) in [5.41, 5.74) is 3.34. The fourth-order valence-corrected chi connectivity index (χ4v) is 3.20. The summed E-state index contributed by atoms with van der Waals surface area (Å²) in [6, 6.07) is 4.14. The van der Waals surface area contributed by atoms with Gasteiger partial charge in [0.25, 0.3) is 0 Å². The number of hydrogen-bond acceptors (Lipinski definition) is 4. The van der Waals surface area contributed by atoms with Crippen molar-refractivity contribution in [3.63, 3.8) is 0 Å². The second kappa shape index (κ2) is 6.77. The first-order valence-corrected chi connectivity index (χ1v) is 8.31. The number of anilines is 1. The first kappa shape index (κ1) is 16.1. The normalized spacial score (nSPS) is 18.8. The monoisotopic (exact) mass is 321 g/mol. The van der Waals surface area contributed by atoms with Gasteiger partial charge in [-0.25, -0.2) is 4.39 Å². The molecule has 4 nitrogen and oxygen atoms in total. The van der Waals surface area contributed by atoms with Crippen LogP contribution in [0.2, 0.25) is 0 Å². The molecule has 5 heteroatoms. The maximum atomic E-state index is 13.4. The van der Waals surface area contributed by atoms with E-state index in [-0.39, 0.29) is 12.6 Å². The van der Waals surface area contributed by atoms with Crippen LogP contribution in [-0.4, -0.2) is 32.3 Å². The van der Waals surface area contributed by atoms with Gasteiger partial charge >= 0.3 is 5.97 Å². The third-order valence-corrected chi connectivity index (χ3v) is 4.64. The van der Waals surface area contributed by atoms with Crippen LogP contribution >= 0.6 is 0 Å². The van der Waals surface area contributed by atoms with Crippen molar-refractivity contribution < 1.29 is 18.7 Å². The molecule has 0 spiro atoms. The van der Waals surface area contributed by atoms with Crippen molar-refractivity contribution in [1.29, 1.82) is 0 Å². The Morgan fingerprint density at radius 3 is 2.52 bits per heavy atom. The summed E-state index contributed by atoms with van der Waals surface area (Å²) in [7, 11) is 1.63. The Labute approximate surface area is 136 Å². The molecule has 23 heavy (non-hydrogen) atoms. The van der Waals surface area contributed by atoms with Gasteiger partial charge in [0.1, 0.15) is 18.5 Å². The van der Waals surface area contributed by atoms with Gasteiger partial charge in [-0.05, 0) is 43.2 Å². The molecule has 1 aromatic carbocycles. The Balaban J connectivity index is 1.90. The number of piperidine rings is 1. The molecule has 1 aliphatic carbocycles. The lowest BCUT2D eigenvalue weighted by Crippen LogP contribution is -2.35. The van der Waals surface area contributed by atoms with Gasteiger partial charge in [-0.15, -0.1) is 0 Å². The van der Waals surface area contributed by atoms with Gasteiger partial charge < -0.3 is 14.4 Å². The van der Waals surface area contributed by atoms with Crippen molar-refractivity contribution in [3.05, 3.63) is 23.3 Å². The van der Waals surface area contributed by atoms with E-state index in [2.05, 4.69) is 11.0 Å². The summed E-state index contributed by atoms with van der Waals surface area (Å²) in [4.78, 5) is 13.4. The van der Waals surface area contributed by atoms with Crippen molar-refractivity contribution in [2.45, 2.75) is 51.3 Å². The lowest BCUT2D eigenvalue weighted by Gasteiger charge is -2.33.